The maximum atomic E-state index is 12.1. The zero-order chi connectivity index (χ0) is 25.4. The molecular formula is C31H52O4. The first-order valence-electron chi connectivity index (χ1n) is 15.0. The minimum Gasteiger partial charge on any atom is -0.481 e. The summed E-state index contributed by atoms with van der Waals surface area (Å²) in [6.07, 6.45) is 15.5. The second-order valence-electron chi connectivity index (χ2n) is 14.0. The van der Waals surface area contributed by atoms with Crippen molar-refractivity contribution >= 4 is 11.9 Å². The highest BCUT2D eigenvalue weighted by Crippen LogP contribution is 2.68. The molecule has 0 bridgehead atoms. The van der Waals surface area contributed by atoms with Gasteiger partial charge in [-0.05, 0) is 110 Å². The summed E-state index contributed by atoms with van der Waals surface area (Å²) in [7, 11) is 0. The topological polar surface area (TPSA) is 63.6 Å². The summed E-state index contributed by atoms with van der Waals surface area (Å²) in [6.45, 7) is 12.5. The molecule has 0 radical (unpaired) electrons. The number of hydrogen-bond donors (Lipinski definition) is 1. The number of fused-ring (bicyclic) bond motifs is 5. The van der Waals surface area contributed by atoms with E-state index < -0.39 is 5.97 Å². The van der Waals surface area contributed by atoms with Gasteiger partial charge >= 0.3 is 11.9 Å². The molecule has 0 spiro atoms. The summed E-state index contributed by atoms with van der Waals surface area (Å²) in [5.74, 6) is 4.60. The van der Waals surface area contributed by atoms with E-state index in [1.165, 1.54) is 57.8 Å². The largest absolute Gasteiger partial charge is 0.481 e. The molecule has 4 aliphatic rings. The molecule has 0 aromatic heterocycles. The Kier molecular flexibility index (Phi) is 8.28. The van der Waals surface area contributed by atoms with Crippen LogP contribution in [-0.4, -0.2) is 23.1 Å². The molecule has 1 N–H and O–H groups in total. The maximum Gasteiger partial charge on any atom is 0.306 e. The Labute approximate surface area is 214 Å². The standard InChI is InChI=1S/C31H52O4/c1-20(2)7-6-8-21(3)25-11-12-26-24-10-9-22-19-23(35-29(34)14-13-28(32)33)15-17-30(22,4)27(24)16-18-31(25,26)5/h20-27H,6-19H2,1-5H3,(H,32,33)/t21-,22+,23+,24+,25-,26+,27+,30+,31-/m1/s1. The summed E-state index contributed by atoms with van der Waals surface area (Å²) in [4.78, 5) is 22.9. The Morgan fingerprint density at radius 1 is 0.886 bits per heavy atom. The van der Waals surface area contributed by atoms with Crippen molar-refractivity contribution in [1.29, 1.82) is 0 Å². The Hall–Kier alpha value is -1.06. The third-order valence-corrected chi connectivity index (χ3v) is 11.7. The molecule has 200 valence electrons. The fourth-order valence-electron chi connectivity index (χ4n) is 9.80. The van der Waals surface area contributed by atoms with Crippen LogP contribution in [0.25, 0.3) is 0 Å². The van der Waals surface area contributed by atoms with E-state index >= 15 is 0 Å². The average molecular weight is 489 g/mol. The molecule has 4 fully saturated rings. The lowest BCUT2D eigenvalue weighted by Gasteiger charge is -2.61. The molecule has 0 aromatic rings. The molecule has 0 aliphatic heterocycles. The number of aliphatic carboxylic acids is 1. The Bertz CT molecular complexity index is 761. The summed E-state index contributed by atoms with van der Waals surface area (Å²) in [5.41, 5.74) is 0.924. The van der Waals surface area contributed by atoms with Gasteiger partial charge in [-0.25, -0.2) is 0 Å². The lowest BCUT2D eigenvalue weighted by Crippen LogP contribution is -2.54. The molecule has 0 aromatic carbocycles. The van der Waals surface area contributed by atoms with E-state index in [9.17, 15) is 9.59 Å². The van der Waals surface area contributed by atoms with Gasteiger partial charge in [0.2, 0.25) is 0 Å². The van der Waals surface area contributed by atoms with Crippen LogP contribution in [-0.2, 0) is 14.3 Å². The smallest absolute Gasteiger partial charge is 0.306 e. The number of esters is 1. The average Bonchev–Trinajstić information content (AvgIpc) is 3.15. The molecular weight excluding hydrogens is 436 g/mol. The van der Waals surface area contributed by atoms with E-state index in [1.54, 1.807) is 0 Å². The zero-order valence-electron chi connectivity index (χ0n) is 23.2. The first-order chi connectivity index (χ1) is 16.5. The lowest BCUT2D eigenvalue weighted by atomic mass is 9.44. The van der Waals surface area contributed by atoms with Crippen LogP contribution >= 0.6 is 0 Å². The predicted molar refractivity (Wildman–Crippen MR) is 140 cm³/mol. The number of ether oxygens (including phenoxy) is 1. The second kappa shape index (κ2) is 10.7. The minimum atomic E-state index is -0.931. The van der Waals surface area contributed by atoms with Crippen LogP contribution in [0.1, 0.15) is 125 Å². The van der Waals surface area contributed by atoms with Gasteiger partial charge in [0.1, 0.15) is 6.10 Å². The van der Waals surface area contributed by atoms with Crippen LogP contribution in [0.5, 0.6) is 0 Å². The molecule has 4 nitrogen and oxygen atoms in total. The van der Waals surface area contributed by atoms with E-state index in [2.05, 4.69) is 34.6 Å². The van der Waals surface area contributed by atoms with Crippen molar-refractivity contribution in [2.45, 2.75) is 131 Å². The molecule has 0 unspecified atom stereocenters. The highest BCUT2D eigenvalue weighted by Gasteiger charge is 2.60. The van der Waals surface area contributed by atoms with Crippen LogP contribution in [0, 0.1) is 52.3 Å². The molecule has 0 amide bonds. The van der Waals surface area contributed by atoms with Crippen LogP contribution in [0.15, 0.2) is 0 Å². The van der Waals surface area contributed by atoms with Gasteiger partial charge in [0.15, 0.2) is 0 Å². The van der Waals surface area contributed by atoms with Gasteiger partial charge in [-0.2, -0.15) is 0 Å². The van der Waals surface area contributed by atoms with Crippen molar-refractivity contribution in [3.63, 3.8) is 0 Å². The van der Waals surface area contributed by atoms with Gasteiger partial charge in [0.05, 0.1) is 12.8 Å². The van der Waals surface area contributed by atoms with Gasteiger partial charge < -0.3 is 9.84 Å². The van der Waals surface area contributed by atoms with Crippen LogP contribution < -0.4 is 0 Å². The fourth-order valence-corrected chi connectivity index (χ4v) is 9.80. The van der Waals surface area contributed by atoms with Crippen molar-refractivity contribution < 1.29 is 19.4 Å². The van der Waals surface area contributed by atoms with Crippen molar-refractivity contribution in [1.82, 2.24) is 0 Å². The molecule has 4 heteroatoms. The van der Waals surface area contributed by atoms with Crippen LogP contribution in [0.4, 0.5) is 0 Å². The lowest BCUT2D eigenvalue weighted by molar-refractivity contribution is -0.164. The predicted octanol–water partition coefficient (Wildman–Crippen LogP) is 7.88. The van der Waals surface area contributed by atoms with Gasteiger partial charge in [-0.3, -0.25) is 9.59 Å². The van der Waals surface area contributed by atoms with Crippen molar-refractivity contribution in [3.8, 4) is 0 Å². The SMILES string of the molecule is CC(C)CCC[C@@H](C)[C@H]1CC[C@H]2[C@@H]3CC[C@H]4C[C@@H](OC(=O)CCC(=O)O)CC[C@]4(C)[C@H]3CC[C@]12C. The number of carbonyl (C=O) groups is 2. The number of hydrogen-bond acceptors (Lipinski definition) is 3. The molecule has 9 atom stereocenters. The van der Waals surface area contributed by atoms with Gasteiger partial charge in [0.25, 0.3) is 0 Å². The third kappa shape index (κ3) is 5.47. The van der Waals surface area contributed by atoms with E-state index in [4.69, 9.17) is 9.84 Å². The molecule has 0 saturated heterocycles. The Morgan fingerprint density at radius 2 is 1.60 bits per heavy atom. The van der Waals surface area contributed by atoms with Crippen LogP contribution in [0.2, 0.25) is 0 Å². The third-order valence-electron chi connectivity index (χ3n) is 11.7. The molecule has 4 saturated carbocycles. The fraction of sp³-hybridized carbons (Fsp3) is 0.935. The highest BCUT2D eigenvalue weighted by atomic mass is 16.5. The summed E-state index contributed by atoms with van der Waals surface area (Å²) in [6, 6.07) is 0. The van der Waals surface area contributed by atoms with E-state index in [0.29, 0.717) is 16.7 Å². The van der Waals surface area contributed by atoms with Crippen molar-refractivity contribution in [3.05, 3.63) is 0 Å². The van der Waals surface area contributed by atoms with Gasteiger partial charge in [-0.1, -0.05) is 53.9 Å². The number of carboxylic acids is 1. The molecule has 35 heavy (non-hydrogen) atoms. The monoisotopic (exact) mass is 488 g/mol. The normalized spacial score (nSPS) is 41.5. The zero-order valence-corrected chi connectivity index (χ0v) is 23.2. The van der Waals surface area contributed by atoms with Crippen molar-refractivity contribution in [2.24, 2.45) is 52.3 Å². The summed E-state index contributed by atoms with van der Waals surface area (Å²) in [5, 5.41) is 8.85. The number of carbonyl (C=O) groups excluding carboxylic acids is 1. The van der Waals surface area contributed by atoms with E-state index in [-0.39, 0.29) is 24.9 Å². The van der Waals surface area contributed by atoms with E-state index in [0.717, 1.165) is 54.8 Å². The minimum absolute atomic E-state index is 0.00418. The maximum absolute atomic E-state index is 12.1. The Balaban J connectivity index is 1.37. The van der Waals surface area contributed by atoms with Gasteiger partial charge in [0, 0.05) is 0 Å². The summed E-state index contributed by atoms with van der Waals surface area (Å²) < 4.78 is 5.74. The molecule has 4 aliphatic carbocycles. The molecule has 0 heterocycles. The quantitative estimate of drug-likeness (QED) is 0.335. The number of carboxylic acid groups (broad SMARTS) is 1. The van der Waals surface area contributed by atoms with Crippen molar-refractivity contribution in [2.75, 3.05) is 0 Å². The van der Waals surface area contributed by atoms with Crippen LogP contribution in [0.3, 0.4) is 0 Å². The first kappa shape index (κ1) is 27.0. The number of rotatable bonds is 9. The second-order valence-corrected chi connectivity index (χ2v) is 14.0. The Morgan fingerprint density at radius 3 is 2.31 bits per heavy atom. The molecule has 4 rings (SSSR count). The van der Waals surface area contributed by atoms with Gasteiger partial charge in [-0.15, -0.1) is 0 Å². The van der Waals surface area contributed by atoms with E-state index in [1.807, 2.05) is 0 Å². The highest BCUT2D eigenvalue weighted by molar-refractivity contribution is 5.76. The summed E-state index contributed by atoms with van der Waals surface area (Å²) >= 11 is 0. The first-order valence-corrected chi connectivity index (χ1v) is 15.0.